The van der Waals surface area contributed by atoms with Crippen molar-refractivity contribution in [2.24, 2.45) is 5.11 Å². The molecular formula is C18H29N4O4P. The van der Waals surface area contributed by atoms with Gasteiger partial charge in [0.15, 0.2) is 0 Å². The van der Waals surface area contributed by atoms with Crippen LogP contribution in [0, 0.1) is 0 Å². The highest BCUT2D eigenvalue weighted by Gasteiger charge is 2.10. The Balaban J connectivity index is 1.97. The zero-order chi connectivity index (χ0) is 20.0. The van der Waals surface area contributed by atoms with Crippen LogP contribution in [0.15, 0.2) is 29.4 Å². The molecule has 1 rings (SSSR count). The number of nitrogens with zero attached hydrogens (tertiary/aromatic N) is 3. The topological polar surface area (TPSA) is 135 Å². The Morgan fingerprint density at radius 1 is 0.963 bits per heavy atom. The molecule has 0 spiro atoms. The third kappa shape index (κ3) is 12.2. The van der Waals surface area contributed by atoms with Gasteiger partial charge in [-0.05, 0) is 30.5 Å². The van der Waals surface area contributed by atoms with Gasteiger partial charge >= 0.3 is 7.60 Å². The molecule has 150 valence electrons. The molecule has 0 radical (unpaired) electrons. The van der Waals surface area contributed by atoms with Gasteiger partial charge in [-0.25, -0.2) is 0 Å². The zero-order valence-corrected chi connectivity index (χ0v) is 16.5. The van der Waals surface area contributed by atoms with E-state index >= 15 is 0 Å². The first-order chi connectivity index (χ1) is 12.9. The van der Waals surface area contributed by atoms with Gasteiger partial charge in [-0.2, -0.15) is 0 Å². The van der Waals surface area contributed by atoms with Crippen LogP contribution in [0.1, 0.15) is 68.1 Å². The van der Waals surface area contributed by atoms with Crippen LogP contribution < -0.4 is 5.32 Å². The maximum atomic E-state index is 12.0. The van der Waals surface area contributed by atoms with Gasteiger partial charge in [0.25, 0.3) is 5.91 Å². The quantitative estimate of drug-likeness (QED) is 0.133. The fourth-order valence-corrected chi connectivity index (χ4v) is 3.35. The highest BCUT2D eigenvalue weighted by Crippen LogP contribution is 2.35. The lowest BCUT2D eigenvalue weighted by Crippen LogP contribution is -2.24. The van der Waals surface area contributed by atoms with Crippen molar-refractivity contribution < 1.29 is 19.1 Å². The number of amides is 1. The molecule has 0 bridgehead atoms. The Morgan fingerprint density at radius 3 is 2.00 bits per heavy atom. The van der Waals surface area contributed by atoms with E-state index in [2.05, 4.69) is 15.3 Å². The van der Waals surface area contributed by atoms with E-state index in [4.69, 9.17) is 15.3 Å². The first-order valence-electron chi connectivity index (χ1n) is 9.40. The highest BCUT2D eigenvalue weighted by atomic mass is 31.2. The summed E-state index contributed by atoms with van der Waals surface area (Å²) in [6.45, 7) is 0.638. The molecule has 0 heterocycles. The van der Waals surface area contributed by atoms with Gasteiger partial charge in [-0.1, -0.05) is 62.2 Å². The molecule has 0 aliphatic heterocycles. The van der Waals surface area contributed by atoms with Crippen LogP contribution in [0.5, 0.6) is 0 Å². The van der Waals surface area contributed by atoms with Gasteiger partial charge in [0.2, 0.25) is 0 Å². The molecule has 0 fully saturated rings. The van der Waals surface area contributed by atoms with Crippen molar-refractivity contribution in [1.29, 1.82) is 0 Å². The molecule has 9 heteroatoms. The normalized spacial score (nSPS) is 11.0. The van der Waals surface area contributed by atoms with Crippen LogP contribution in [0.25, 0.3) is 10.4 Å². The van der Waals surface area contributed by atoms with Crippen molar-refractivity contribution in [2.75, 3.05) is 12.7 Å². The van der Waals surface area contributed by atoms with E-state index in [1.807, 2.05) is 0 Å². The predicted molar refractivity (Wildman–Crippen MR) is 106 cm³/mol. The van der Waals surface area contributed by atoms with E-state index in [0.717, 1.165) is 51.4 Å². The van der Waals surface area contributed by atoms with Crippen LogP contribution in [-0.4, -0.2) is 28.4 Å². The van der Waals surface area contributed by atoms with Gasteiger partial charge in [-0.3, -0.25) is 9.36 Å². The Kier molecular flexibility index (Phi) is 11.5. The number of unbranched alkanes of at least 4 members (excludes halogenated alkanes) is 8. The maximum absolute atomic E-state index is 12.0. The fourth-order valence-electron chi connectivity index (χ4n) is 2.72. The molecule has 27 heavy (non-hydrogen) atoms. The van der Waals surface area contributed by atoms with Crippen LogP contribution >= 0.6 is 7.60 Å². The number of hydrogen-bond donors (Lipinski definition) is 3. The monoisotopic (exact) mass is 396 g/mol. The Hall–Kier alpha value is -1.85. The SMILES string of the molecule is [N-]=[N+]=Nc1ccc(C(=O)NCCCCCCCCCCCP(=O)(O)O)cc1. The number of nitrogens with one attached hydrogen (secondary N) is 1. The highest BCUT2D eigenvalue weighted by molar-refractivity contribution is 7.51. The van der Waals surface area contributed by atoms with Crippen molar-refractivity contribution in [2.45, 2.75) is 57.8 Å². The minimum Gasteiger partial charge on any atom is -0.352 e. The molecule has 8 nitrogen and oxygen atoms in total. The van der Waals surface area contributed by atoms with Gasteiger partial charge in [0.05, 0.1) is 0 Å². The Morgan fingerprint density at radius 2 is 1.48 bits per heavy atom. The van der Waals surface area contributed by atoms with E-state index < -0.39 is 7.60 Å². The van der Waals surface area contributed by atoms with Crippen LogP contribution in [0.3, 0.4) is 0 Å². The van der Waals surface area contributed by atoms with Gasteiger partial charge in [0.1, 0.15) is 0 Å². The summed E-state index contributed by atoms with van der Waals surface area (Å²) < 4.78 is 10.7. The lowest BCUT2D eigenvalue weighted by Gasteiger charge is -2.06. The number of carbonyl (C=O) groups excluding carboxylic acids is 1. The second-order valence-corrected chi connectivity index (χ2v) is 8.34. The van der Waals surface area contributed by atoms with E-state index in [1.165, 1.54) is 0 Å². The molecule has 0 aliphatic carbocycles. The second kappa shape index (κ2) is 13.3. The smallest absolute Gasteiger partial charge is 0.325 e. The average molecular weight is 396 g/mol. The first-order valence-corrected chi connectivity index (χ1v) is 11.2. The molecule has 0 atom stereocenters. The lowest BCUT2D eigenvalue weighted by atomic mass is 10.1. The minimum atomic E-state index is -3.82. The molecule has 1 aromatic carbocycles. The van der Waals surface area contributed by atoms with Crippen LogP contribution in [0.2, 0.25) is 0 Å². The molecule has 0 aromatic heterocycles. The third-order valence-corrected chi connectivity index (χ3v) is 5.10. The molecular weight excluding hydrogens is 367 g/mol. The summed E-state index contributed by atoms with van der Waals surface area (Å²) in [6, 6.07) is 6.50. The zero-order valence-electron chi connectivity index (χ0n) is 15.6. The molecule has 1 aromatic rings. The number of carbonyl (C=O) groups is 1. The fraction of sp³-hybridized carbons (Fsp3) is 0.611. The van der Waals surface area contributed by atoms with E-state index in [1.54, 1.807) is 24.3 Å². The molecule has 0 saturated heterocycles. The van der Waals surface area contributed by atoms with Gasteiger partial charge < -0.3 is 15.1 Å². The van der Waals surface area contributed by atoms with Crippen molar-refractivity contribution in [3.63, 3.8) is 0 Å². The summed E-state index contributed by atoms with van der Waals surface area (Å²) >= 11 is 0. The number of rotatable bonds is 14. The van der Waals surface area contributed by atoms with Crippen molar-refractivity contribution in [1.82, 2.24) is 5.32 Å². The summed E-state index contributed by atoms with van der Waals surface area (Å²) in [7, 11) is -3.82. The summed E-state index contributed by atoms with van der Waals surface area (Å²) in [4.78, 5) is 32.2. The van der Waals surface area contributed by atoms with Crippen molar-refractivity contribution >= 4 is 19.2 Å². The van der Waals surface area contributed by atoms with Gasteiger partial charge in [0, 0.05) is 28.9 Å². The molecule has 1 amide bonds. The van der Waals surface area contributed by atoms with Crippen LogP contribution in [0.4, 0.5) is 5.69 Å². The first kappa shape index (κ1) is 23.2. The Labute approximate surface area is 160 Å². The minimum absolute atomic E-state index is 0.00330. The summed E-state index contributed by atoms with van der Waals surface area (Å²) in [5, 5.41) is 6.35. The van der Waals surface area contributed by atoms with Crippen molar-refractivity contribution in [3.05, 3.63) is 40.3 Å². The van der Waals surface area contributed by atoms with Gasteiger partial charge in [-0.15, -0.1) is 0 Å². The predicted octanol–water partition coefficient (Wildman–Crippen LogP) is 5.05. The third-order valence-electron chi connectivity index (χ3n) is 4.20. The van der Waals surface area contributed by atoms with Crippen LogP contribution in [-0.2, 0) is 4.57 Å². The molecule has 3 N–H and O–H groups in total. The molecule has 0 saturated carbocycles. The lowest BCUT2D eigenvalue weighted by molar-refractivity contribution is 0.0953. The standard InChI is InChI=1S/C18H29N4O4P/c19-22-21-17-12-10-16(11-13-17)18(23)20-14-8-6-4-2-1-3-5-7-9-15-27(24,25)26/h10-13H,1-9,14-15H2,(H,20,23)(H2,24,25,26). The number of hydrogen-bond acceptors (Lipinski definition) is 3. The van der Waals surface area contributed by atoms with E-state index in [9.17, 15) is 9.36 Å². The largest absolute Gasteiger partial charge is 0.352 e. The van der Waals surface area contributed by atoms with E-state index in [0.29, 0.717) is 24.2 Å². The van der Waals surface area contributed by atoms with E-state index in [-0.39, 0.29) is 12.1 Å². The Bertz CT molecular complexity index is 654. The maximum Gasteiger partial charge on any atom is 0.325 e. The molecule has 0 unspecified atom stereocenters. The summed E-state index contributed by atoms with van der Waals surface area (Å²) in [6.07, 6.45) is 9.00. The number of benzene rings is 1. The summed E-state index contributed by atoms with van der Waals surface area (Å²) in [5.74, 6) is -0.127. The van der Waals surface area contributed by atoms with Crippen molar-refractivity contribution in [3.8, 4) is 0 Å². The second-order valence-electron chi connectivity index (χ2n) is 6.56. The molecule has 0 aliphatic rings. The summed E-state index contributed by atoms with van der Waals surface area (Å²) in [5.41, 5.74) is 9.38. The average Bonchev–Trinajstić information content (AvgIpc) is 2.62. The number of azide groups is 1.